The molecule has 0 fully saturated rings. The van der Waals surface area contributed by atoms with Crippen LogP contribution in [0, 0.1) is 0 Å². The van der Waals surface area contributed by atoms with Crippen molar-refractivity contribution >= 4 is 27.5 Å². The fourth-order valence-electron chi connectivity index (χ4n) is 4.30. The summed E-state index contributed by atoms with van der Waals surface area (Å²) < 4.78 is 34.3. The van der Waals surface area contributed by atoms with E-state index in [4.69, 9.17) is 4.74 Å². The average Bonchev–Trinajstić information content (AvgIpc) is 2.93. The lowest BCUT2D eigenvalue weighted by Crippen LogP contribution is -2.54. The number of carbonyl (C=O) groups excluding carboxylic acids is 2. The van der Waals surface area contributed by atoms with Crippen molar-refractivity contribution in [2.24, 2.45) is 0 Å². The second kappa shape index (κ2) is 13.2. The monoisotopic (exact) mass is 579 g/mol. The molecule has 0 aliphatic rings. The summed E-state index contributed by atoms with van der Waals surface area (Å²) in [5.41, 5.74) is 1.63. The average molecular weight is 580 g/mol. The van der Waals surface area contributed by atoms with E-state index in [1.165, 1.54) is 17.0 Å². The zero-order valence-corrected chi connectivity index (χ0v) is 25.7. The molecule has 1 atom stereocenters. The first-order valence-electron chi connectivity index (χ1n) is 13.6. The van der Waals surface area contributed by atoms with Gasteiger partial charge in [0.2, 0.25) is 11.8 Å². The van der Waals surface area contributed by atoms with E-state index in [2.05, 4.69) is 19.2 Å². The van der Waals surface area contributed by atoms with Crippen molar-refractivity contribution in [1.29, 1.82) is 0 Å². The maximum atomic E-state index is 14.1. The normalized spacial score (nSPS) is 12.5. The molecule has 220 valence electrons. The third kappa shape index (κ3) is 8.33. The lowest BCUT2D eigenvalue weighted by molar-refractivity contribution is -0.140. The summed E-state index contributed by atoms with van der Waals surface area (Å²) in [6.45, 7) is 10.9. The third-order valence-corrected chi connectivity index (χ3v) is 8.40. The Balaban J connectivity index is 2.05. The van der Waals surface area contributed by atoms with Crippen LogP contribution in [-0.2, 0) is 26.2 Å². The summed E-state index contributed by atoms with van der Waals surface area (Å²) in [5.74, 6) is 0.00920. The first kappa shape index (κ1) is 31.7. The molecular formula is C32H41N3O5S. The predicted octanol–water partition coefficient (Wildman–Crippen LogP) is 5.35. The molecule has 8 nitrogen and oxygen atoms in total. The zero-order valence-electron chi connectivity index (χ0n) is 24.9. The van der Waals surface area contributed by atoms with Gasteiger partial charge < -0.3 is 15.0 Å². The Labute approximate surface area is 244 Å². The minimum atomic E-state index is -4.11. The molecule has 0 unspecified atom stereocenters. The van der Waals surface area contributed by atoms with Crippen molar-refractivity contribution in [3.8, 4) is 5.75 Å². The van der Waals surface area contributed by atoms with Gasteiger partial charge in [0, 0.05) is 12.1 Å². The molecule has 3 rings (SSSR count). The van der Waals surface area contributed by atoms with E-state index in [1.807, 2.05) is 39.0 Å². The minimum absolute atomic E-state index is 0.0682. The van der Waals surface area contributed by atoms with Gasteiger partial charge in [-0.15, -0.1) is 0 Å². The first-order chi connectivity index (χ1) is 19.2. The molecule has 0 radical (unpaired) electrons. The van der Waals surface area contributed by atoms with E-state index in [1.54, 1.807) is 62.6 Å². The molecule has 0 aromatic heterocycles. The molecule has 0 aliphatic heterocycles. The van der Waals surface area contributed by atoms with Crippen molar-refractivity contribution in [3.63, 3.8) is 0 Å². The molecule has 0 spiro atoms. The lowest BCUT2D eigenvalue weighted by Gasteiger charge is -2.33. The van der Waals surface area contributed by atoms with Gasteiger partial charge in [-0.25, -0.2) is 8.42 Å². The highest BCUT2D eigenvalue weighted by Gasteiger charge is 2.33. The number of benzene rings is 3. The standard InChI is InChI=1S/C32H41N3O5S/c1-23(2)26-16-18-27(19-17-26)35(41(38,39)29-14-9-8-10-15-29)22-30(36)34(24(3)31(37)33-32(4,5)6)21-25-12-11-13-28(20-25)40-7/h8-20,23-24H,21-22H2,1-7H3,(H,33,37)/t24-/m1/s1. The Kier molecular flexibility index (Phi) is 10.2. The van der Waals surface area contributed by atoms with Gasteiger partial charge in [-0.05, 0) is 81.1 Å². The highest BCUT2D eigenvalue weighted by atomic mass is 32.2. The van der Waals surface area contributed by atoms with Crippen LogP contribution in [0.5, 0.6) is 5.75 Å². The van der Waals surface area contributed by atoms with Gasteiger partial charge in [-0.3, -0.25) is 13.9 Å². The third-order valence-electron chi connectivity index (χ3n) is 6.61. The first-order valence-corrected chi connectivity index (χ1v) is 15.1. The number of amides is 2. The number of sulfonamides is 1. The van der Waals surface area contributed by atoms with Crippen LogP contribution < -0.4 is 14.4 Å². The highest BCUT2D eigenvalue weighted by Crippen LogP contribution is 2.27. The summed E-state index contributed by atoms with van der Waals surface area (Å²) in [6.07, 6.45) is 0. The molecule has 3 aromatic carbocycles. The fraction of sp³-hybridized carbons (Fsp3) is 0.375. The number of carbonyl (C=O) groups is 2. The van der Waals surface area contributed by atoms with Crippen molar-refractivity contribution in [2.45, 2.75) is 70.5 Å². The van der Waals surface area contributed by atoms with Crippen molar-refractivity contribution < 1.29 is 22.7 Å². The molecule has 0 saturated heterocycles. The van der Waals surface area contributed by atoms with E-state index < -0.39 is 34.1 Å². The van der Waals surface area contributed by atoms with E-state index in [0.29, 0.717) is 11.4 Å². The Morgan fingerprint density at radius 2 is 1.54 bits per heavy atom. The van der Waals surface area contributed by atoms with Crippen molar-refractivity contribution in [1.82, 2.24) is 10.2 Å². The van der Waals surface area contributed by atoms with Gasteiger partial charge in [0.1, 0.15) is 18.3 Å². The van der Waals surface area contributed by atoms with Crippen LogP contribution in [-0.4, -0.2) is 50.4 Å². The van der Waals surface area contributed by atoms with E-state index in [0.717, 1.165) is 15.4 Å². The number of nitrogens with zero attached hydrogens (tertiary/aromatic N) is 2. The molecule has 9 heteroatoms. The topological polar surface area (TPSA) is 96.0 Å². The van der Waals surface area contributed by atoms with Crippen LogP contribution in [0.15, 0.2) is 83.8 Å². The van der Waals surface area contributed by atoms with Crippen molar-refractivity contribution in [3.05, 3.63) is 90.0 Å². The maximum Gasteiger partial charge on any atom is 0.264 e. The summed E-state index contributed by atoms with van der Waals surface area (Å²) in [4.78, 5) is 28.8. The van der Waals surface area contributed by atoms with Crippen LogP contribution in [0.3, 0.4) is 0 Å². The number of ether oxygens (including phenoxy) is 1. The number of anilines is 1. The van der Waals surface area contributed by atoms with E-state index in [-0.39, 0.29) is 23.3 Å². The minimum Gasteiger partial charge on any atom is -0.497 e. The number of hydrogen-bond acceptors (Lipinski definition) is 5. The number of nitrogens with one attached hydrogen (secondary N) is 1. The SMILES string of the molecule is COc1cccc(CN(C(=O)CN(c2ccc(C(C)C)cc2)S(=O)(=O)c2ccccc2)[C@H](C)C(=O)NC(C)(C)C)c1. The molecule has 0 aliphatic carbocycles. The largest absolute Gasteiger partial charge is 0.497 e. The highest BCUT2D eigenvalue weighted by molar-refractivity contribution is 7.92. The van der Waals surface area contributed by atoms with Crippen molar-refractivity contribution in [2.75, 3.05) is 18.0 Å². The quantitative estimate of drug-likeness (QED) is 0.331. The Hall–Kier alpha value is -3.85. The second-order valence-corrected chi connectivity index (χ2v) is 13.2. The van der Waals surface area contributed by atoms with Crippen LogP contribution in [0.25, 0.3) is 0 Å². The van der Waals surface area contributed by atoms with Gasteiger partial charge in [0.05, 0.1) is 17.7 Å². The van der Waals surface area contributed by atoms with Gasteiger partial charge in [0.25, 0.3) is 10.0 Å². The molecule has 1 N–H and O–H groups in total. The molecule has 0 bridgehead atoms. The number of methoxy groups -OCH3 is 1. The molecule has 0 saturated carbocycles. The van der Waals surface area contributed by atoms with E-state index in [9.17, 15) is 18.0 Å². The summed E-state index contributed by atoms with van der Waals surface area (Å²) >= 11 is 0. The smallest absolute Gasteiger partial charge is 0.264 e. The van der Waals surface area contributed by atoms with Crippen LogP contribution in [0.4, 0.5) is 5.69 Å². The fourth-order valence-corrected chi connectivity index (χ4v) is 5.73. The summed E-state index contributed by atoms with van der Waals surface area (Å²) in [6, 6.07) is 21.5. The van der Waals surface area contributed by atoms with Crippen LogP contribution in [0.2, 0.25) is 0 Å². The molecular weight excluding hydrogens is 538 g/mol. The zero-order chi connectivity index (χ0) is 30.4. The number of rotatable bonds is 11. The lowest BCUT2D eigenvalue weighted by atomic mass is 10.0. The maximum absolute atomic E-state index is 14.1. The Morgan fingerprint density at radius 1 is 0.902 bits per heavy atom. The van der Waals surface area contributed by atoms with Gasteiger partial charge in [-0.2, -0.15) is 0 Å². The van der Waals surface area contributed by atoms with Gasteiger partial charge in [0.15, 0.2) is 0 Å². The summed E-state index contributed by atoms with van der Waals surface area (Å²) in [7, 11) is -2.55. The number of hydrogen-bond donors (Lipinski definition) is 1. The molecule has 41 heavy (non-hydrogen) atoms. The van der Waals surface area contributed by atoms with Crippen LogP contribution in [0.1, 0.15) is 58.6 Å². The molecule has 2 amide bonds. The van der Waals surface area contributed by atoms with Gasteiger partial charge >= 0.3 is 0 Å². The Morgan fingerprint density at radius 3 is 2.10 bits per heavy atom. The molecule has 3 aromatic rings. The predicted molar refractivity (Wildman–Crippen MR) is 162 cm³/mol. The second-order valence-electron chi connectivity index (χ2n) is 11.4. The Bertz CT molecular complexity index is 1430. The summed E-state index contributed by atoms with van der Waals surface area (Å²) in [5, 5.41) is 2.93. The molecule has 0 heterocycles. The van der Waals surface area contributed by atoms with Gasteiger partial charge in [-0.1, -0.05) is 56.3 Å². The van der Waals surface area contributed by atoms with Crippen LogP contribution >= 0.6 is 0 Å². The van der Waals surface area contributed by atoms with E-state index >= 15 is 0 Å².